The van der Waals surface area contributed by atoms with E-state index in [1.54, 1.807) is 219 Å². The first-order valence-corrected chi connectivity index (χ1v) is 47.1. The summed E-state index contributed by atoms with van der Waals surface area (Å²) in [5, 5.41) is 5.07. The Balaban J connectivity index is 0.000000116. The van der Waals surface area contributed by atoms with E-state index in [1.807, 2.05) is 126 Å². The first-order valence-electron chi connectivity index (χ1n) is 39.6. The van der Waals surface area contributed by atoms with Gasteiger partial charge in [0.1, 0.15) is 47.2 Å². The number of hydrogen-bond acceptors (Lipinski definition) is 17. The Hall–Kier alpha value is -14.9. The fourth-order valence-corrected chi connectivity index (χ4v) is 21.6. The number of aromatic nitrogens is 11. The molecule has 20 aromatic rings. The van der Waals surface area contributed by atoms with Crippen LogP contribution in [0.3, 0.4) is 0 Å². The molecule has 0 amide bonds. The van der Waals surface area contributed by atoms with Gasteiger partial charge in [0.25, 0.3) is 40.1 Å². The van der Waals surface area contributed by atoms with Gasteiger partial charge in [0.2, 0.25) is 0 Å². The Labute approximate surface area is 741 Å². The van der Waals surface area contributed by atoms with Crippen molar-refractivity contribution in [3.8, 4) is 88.1 Å². The lowest BCUT2D eigenvalue weighted by Crippen LogP contribution is -2.12. The van der Waals surface area contributed by atoms with E-state index in [2.05, 4.69) is 29.9 Å². The second-order valence-electron chi connectivity index (χ2n) is 29.3. The van der Waals surface area contributed by atoms with Crippen molar-refractivity contribution < 1.29 is 56.2 Å². The predicted octanol–water partition coefficient (Wildman–Crippen LogP) is 21.7. The van der Waals surface area contributed by atoms with E-state index < -0.39 is 40.1 Å². The number of benzene rings is 9. The van der Waals surface area contributed by atoms with Gasteiger partial charge in [-0.1, -0.05) is 164 Å². The quantitative estimate of drug-likeness (QED) is 0.0724. The summed E-state index contributed by atoms with van der Waals surface area (Å²) in [6, 6.07) is 79.0. The van der Waals surface area contributed by atoms with Crippen LogP contribution < -0.4 is 4.74 Å². The number of halogens is 3. The fourth-order valence-electron chi connectivity index (χ4n) is 15.0. The summed E-state index contributed by atoms with van der Waals surface area (Å²) < 4.78 is 165. The normalized spacial score (nSPS) is 12.3. The van der Waals surface area contributed by atoms with Crippen molar-refractivity contribution in [2.75, 3.05) is 7.05 Å². The van der Waals surface area contributed by atoms with E-state index in [1.165, 1.54) is 93.7 Å². The van der Waals surface area contributed by atoms with E-state index in [4.69, 9.17) is 4.74 Å². The molecule has 12 heterocycles. The highest BCUT2D eigenvalue weighted by Crippen LogP contribution is 2.43. The number of rotatable bonds is 18. The van der Waals surface area contributed by atoms with Gasteiger partial charge in [0.15, 0.2) is 28.8 Å². The second kappa shape index (κ2) is 35.2. The summed E-state index contributed by atoms with van der Waals surface area (Å²) >= 11 is 2.79. The minimum Gasteiger partial charge on any atom is -0.457 e. The van der Waals surface area contributed by atoms with Crippen molar-refractivity contribution in [2.45, 2.75) is 26.0 Å². The topological polar surface area (TPSA) is 251 Å². The van der Waals surface area contributed by atoms with Gasteiger partial charge in [-0.3, -0.25) is 4.98 Å². The van der Waals surface area contributed by atoms with Gasteiger partial charge >= 0.3 is 0 Å². The van der Waals surface area contributed by atoms with Crippen LogP contribution in [-0.2, 0) is 47.1 Å². The monoisotopic (exact) mass is 1810 g/mol. The van der Waals surface area contributed by atoms with Crippen molar-refractivity contribution in [1.29, 1.82) is 0 Å². The molecular weight excluding hydrogens is 1740 g/mol. The average molecular weight is 1810 g/mol. The van der Waals surface area contributed by atoms with Crippen molar-refractivity contribution in [1.82, 2.24) is 50.4 Å². The first-order chi connectivity index (χ1) is 62.1. The van der Waals surface area contributed by atoms with Gasteiger partial charge in [-0.25, -0.2) is 92.2 Å². The molecule has 0 spiro atoms. The average Bonchev–Trinajstić information content (AvgIpc) is 1.60. The Morgan fingerprint density at radius 1 is 0.367 bits per heavy atom. The van der Waals surface area contributed by atoms with E-state index in [-0.39, 0.29) is 48.3 Å². The molecule has 1 aliphatic heterocycles. The predicted molar refractivity (Wildman–Crippen MR) is 495 cm³/mol. The summed E-state index contributed by atoms with van der Waals surface area (Å²) in [6.07, 6.45) is 24.4. The number of para-hydroxylation sites is 2. The van der Waals surface area contributed by atoms with Crippen molar-refractivity contribution in [3.63, 3.8) is 0 Å². The standard InChI is InChI=1S/C30H23N3O3S.C24H19FN3O2S.2C22H14FN3O2S2/c1-32-17-16-22(20-32)28-21-33(37(34,35)25-12-6-3-7-13-25)30-27(28)18-23(19-31-30)26-14-8-9-15-29(26)36-24-10-4-2-5-11-24;1-27-12-11-17(15-27)22-16-28(31(29,30)19-7-3-2-4-8-19)24-21(22)13-18(14-26-24)20-9-5-6-10-23(20)25;23-20-9-5-4-8-17(20)15-10-18-19(21-12-24-14-29-21)13-26(22(18)25-11-15)30(27,28)16-6-2-1-3-7-16;23-20-9-5-4-8-17(20)15-12-18-19(22-24-10-11-29-22)14-26(21(18)25-13-15)30(27,28)16-6-2-1-3-7-16/h2-21H,1H3;2-10,12-16H,11H2,1H3;2*1-14H/q;+1;;. The highest BCUT2D eigenvalue weighted by atomic mass is 32.2. The van der Waals surface area contributed by atoms with Crippen LogP contribution in [0, 0.1) is 17.5 Å². The molecule has 0 aliphatic carbocycles. The molecule has 11 aromatic heterocycles. The molecule has 0 radical (unpaired) electrons. The fraction of sp³-hybridized carbons (Fsp3) is 0.0306. The lowest BCUT2D eigenvalue weighted by atomic mass is 10.0. The van der Waals surface area contributed by atoms with E-state index >= 15 is 0 Å². The largest absolute Gasteiger partial charge is 0.457 e. The summed E-state index contributed by atoms with van der Waals surface area (Å²) in [4.78, 5) is 27.9. The highest BCUT2D eigenvalue weighted by molar-refractivity contribution is 7.91. The molecule has 0 saturated heterocycles. The van der Waals surface area contributed by atoms with E-state index in [9.17, 15) is 46.8 Å². The minimum absolute atomic E-state index is 0.160. The number of allylic oxidation sites excluding steroid dienone is 1. The Bertz CT molecular complexity index is 7910. The lowest BCUT2D eigenvalue weighted by Gasteiger charge is -2.12. The third-order valence-corrected chi connectivity index (χ3v) is 29.4. The SMILES string of the molecule is C[N+]1=CCC(c2cn(S(=O)(=O)c3ccccc3)c3ncc(-c4ccccc4F)cc23)=C1.Cn1ccc(-c2cn(S(=O)(=O)c3ccccc3)c3ncc(-c4ccccc4Oc4ccccc4)cc23)c1.O=S(=O)(c1ccccc1)n1cc(-c2cncs2)c2cc(-c3ccccc3F)cnc21.O=S(=O)(c1ccccc1)n1cc(-c2nccs2)c2cc(-c3ccccc3F)cnc21. The minimum atomic E-state index is -3.86. The number of hydrogen-bond donors (Lipinski definition) is 0. The van der Waals surface area contributed by atoms with Crippen LogP contribution in [-0.4, -0.2) is 102 Å². The van der Waals surface area contributed by atoms with Crippen LogP contribution in [0.15, 0.2) is 390 Å². The summed E-state index contributed by atoms with van der Waals surface area (Å²) in [7, 11) is -11.6. The van der Waals surface area contributed by atoms with Crippen molar-refractivity contribution in [2.24, 2.45) is 7.05 Å². The van der Waals surface area contributed by atoms with Crippen molar-refractivity contribution in [3.05, 3.63) is 394 Å². The summed E-state index contributed by atoms with van der Waals surface area (Å²) in [5.74, 6) is 0.330. The zero-order chi connectivity index (χ0) is 88.4. The van der Waals surface area contributed by atoms with Gasteiger partial charge in [-0.05, 0) is 115 Å². The van der Waals surface area contributed by atoms with Gasteiger partial charge in [-0.15, -0.1) is 22.7 Å². The molecule has 21 rings (SSSR count). The summed E-state index contributed by atoms with van der Waals surface area (Å²) in [6.45, 7) is 0. The number of aryl methyl sites for hydroxylation is 1. The van der Waals surface area contributed by atoms with Crippen LogP contribution in [0.1, 0.15) is 12.0 Å². The maximum Gasteiger partial charge on any atom is 0.269 e. The zero-order valence-corrected chi connectivity index (χ0v) is 72.5. The molecule has 21 nitrogen and oxygen atoms in total. The molecule has 0 fully saturated rings. The molecule has 0 atom stereocenters. The van der Waals surface area contributed by atoms with Crippen LogP contribution in [0.25, 0.3) is 126 Å². The van der Waals surface area contributed by atoms with Crippen molar-refractivity contribution >= 4 is 119 Å². The maximum absolute atomic E-state index is 14.4. The van der Waals surface area contributed by atoms with E-state index in [0.29, 0.717) is 89.1 Å². The first kappa shape index (κ1) is 84.0. The Morgan fingerprint density at radius 2 is 0.734 bits per heavy atom. The number of pyridine rings is 4. The smallest absolute Gasteiger partial charge is 0.269 e. The molecular formula is C98H70F3N12O9S6+. The van der Waals surface area contributed by atoms with Crippen LogP contribution in [0.5, 0.6) is 11.5 Å². The third-order valence-electron chi connectivity index (χ3n) is 21.2. The molecule has 0 unspecified atom stereocenters. The van der Waals surface area contributed by atoms with Gasteiger partial charge in [-0.2, -0.15) is 0 Å². The second-order valence-corrected chi connectivity index (χ2v) is 38.4. The van der Waals surface area contributed by atoms with Gasteiger partial charge in [0, 0.05) is 186 Å². The Morgan fingerprint density at radius 3 is 1.12 bits per heavy atom. The zero-order valence-electron chi connectivity index (χ0n) is 67.6. The summed E-state index contributed by atoms with van der Waals surface area (Å²) in [5.41, 5.74) is 12.3. The molecule has 30 heteroatoms. The molecule has 128 heavy (non-hydrogen) atoms. The van der Waals surface area contributed by atoms with Crippen LogP contribution in [0.4, 0.5) is 13.2 Å². The molecule has 1 aliphatic rings. The molecule has 632 valence electrons. The number of nitrogens with zero attached hydrogens (tertiary/aromatic N) is 12. The maximum atomic E-state index is 14.4. The van der Waals surface area contributed by atoms with E-state index in [0.717, 1.165) is 49.4 Å². The van der Waals surface area contributed by atoms with Gasteiger partial charge in [0.05, 0.1) is 36.4 Å². The highest BCUT2D eigenvalue weighted by Gasteiger charge is 2.31. The Kier molecular flexibility index (Phi) is 23.1. The van der Waals surface area contributed by atoms with Gasteiger partial charge < -0.3 is 9.30 Å². The molecule has 0 bridgehead atoms. The number of thiazole rings is 2. The third kappa shape index (κ3) is 16.6. The van der Waals surface area contributed by atoms with Crippen LogP contribution in [0.2, 0.25) is 0 Å². The lowest BCUT2D eigenvalue weighted by molar-refractivity contribution is -0.413. The molecule has 0 saturated carbocycles. The van der Waals surface area contributed by atoms with Crippen LogP contribution >= 0.6 is 22.7 Å². The number of ether oxygens (including phenoxy) is 1. The number of fused-ring (bicyclic) bond motifs is 4. The molecule has 9 aromatic carbocycles. The molecule has 0 N–H and O–H groups in total.